The van der Waals surface area contributed by atoms with Gasteiger partial charge in [0.1, 0.15) is 0 Å². The van der Waals surface area contributed by atoms with Gasteiger partial charge < -0.3 is 15.4 Å². The normalized spacial score (nSPS) is 27.9. The number of piperidine rings is 1. The summed E-state index contributed by atoms with van der Waals surface area (Å²) in [6.07, 6.45) is 6.31. The zero-order valence-corrected chi connectivity index (χ0v) is 15.5. The molecule has 136 valence electrons. The Morgan fingerprint density at radius 2 is 1.74 bits per heavy atom. The minimum absolute atomic E-state index is 0. The zero-order chi connectivity index (χ0) is 14.7. The van der Waals surface area contributed by atoms with Crippen LogP contribution in [-0.4, -0.2) is 67.2 Å². The maximum absolute atomic E-state index is 12.7. The summed E-state index contributed by atoms with van der Waals surface area (Å²) in [6, 6.07) is 0. The van der Waals surface area contributed by atoms with Crippen molar-refractivity contribution < 1.29 is 9.53 Å². The fourth-order valence-corrected chi connectivity index (χ4v) is 4.08. The Balaban J connectivity index is 0.00000132. The summed E-state index contributed by atoms with van der Waals surface area (Å²) >= 11 is 0. The average molecular weight is 368 g/mol. The molecule has 2 N–H and O–H groups in total. The second kappa shape index (κ2) is 9.42. The largest absolute Gasteiger partial charge is 0.379 e. The van der Waals surface area contributed by atoms with Gasteiger partial charge in [0.15, 0.2) is 0 Å². The Kier molecular flexibility index (Phi) is 8.59. The number of carbonyl (C=O) groups excluding carboxylic acids is 1. The summed E-state index contributed by atoms with van der Waals surface area (Å²) in [5.74, 6) is 0.817. The molecule has 1 atom stereocenters. The van der Waals surface area contributed by atoms with Crippen LogP contribution >= 0.6 is 24.8 Å². The first-order chi connectivity index (χ1) is 10.2. The Morgan fingerprint density at radius 3 is 2.39 bits per heavy atom. The van der Waals surface area contributed by atoms with E-state index in [1.54, 1.807) is 0 Å². The van der Waals surface area contributed by atoms with Gasteiger partial charge in [0.05, 0.1) is 18.8 Å². The molecular formula is C16H31Cl2N3O2. The topological polar surface area (TPSA) is 58.8 Å². The van der Waals surface area contributed by atoms with E-state index in [1.807, 2.05) is 0 Å². The third-order valence-corrected chi connectivity index (χ3v) is 5.35. The fourth-order valence-electron chi connectivity index (χ4n) is 4.08. The molecule has 23 heavy (non-hydrogen) atoms. The Bertz CT molecular complexity index is 372. The van der Waals surface area contributed by atoms with Gasteiger partial charge in [-0.3, -0.25) is 9.69 Å². The first-order valence-corrected chi connectivity index (χ1v) is 8.56. The van der Waals surface area contributed by atoms with Gasteiger partial charge in [-0.25, -0.2) is 0 Å². The summed E-state index contributed by atoms with van der Waals surface area (Å²) in [5.41, 5.74) is 5.79. The van der Waals surface area contributed by atoms with E-state index in [0.717, 1.165) is 78.0 Å². The number of carbonyl (C=O) groups is 1. The molecule has 1 aliphatic carbocycles. The highest BCUT2D eigenvalue weighted by Gasteiger charge is 2.41. The lowest BCUT2D eigenvalue weighted by molar-refractivity contribution is -0.139. The van der Waals surface area contributed by atoms with Gasteiger partial charge in [-0.2, -0.15) is 0 Å². The lowest BCUT2D eigenvalue weighted by atomic mass is 9.92. The molecule has 0 bridgehead atoms. The fraction of sp³-hybridized carbons (Fsp3) is 0.938. The SMILES string of the molecule is Cl.Cl.NC1(C(=O)N2CCCC(CN3CCOCC3)C2)CCCC1. The number of rotatable bonds is 3. The van der Waals surface area contributed by atoms with Crippen LogP contribution in [0.1, 0.15) is 38.5 Å². The number of hydrogen-bond donors (Lipinski definition) is 1. The molecule has 1 saturated carbocycles. The molecule has 2 heterocycles. The second-order valence-corrected chi connectivity index (χ2v) is 7.04. The Labute approximate surface area is 152 Å². The molecule has 0 aromatic rings. The number of hydrogen-bond acceptors (Lipinski definition) is 4. The van der Waals surface area contributed by atoms with Gasteiger partial charge in [-0.05, 0) is 31.6 Å². The van der Waals surface area contributed by atoms with Crippen molar-refractivity contribution in [1.82, 2.24) is 9.80 Å². The van der Waals surface area contributed by atoms with Crippen LogP contribution in [0.15, 0.2) is 0 Å². The quantitative estimate of drug-likeness (QED) is 0.824. The maximum Gasteiger partial charge on any atom is 0.242 e. The second-order valence-electron chi connectivity index (χ2n) is 7.04. The van der Waals surface area contributed by atoms with Crippen molar-refractivity contribution in [2.75, 3.05) is 45.9 Å². The molecule has 0 radical (unpaired) electrons. The summed E-state index contributed by atoms with van der Waals surface area (Å²) in [5, 5.41) is 0. The minimum Gasteiger partial charge on any atom is -0.379 e. The summed E-state index contributed by atoms with van der Waals surface area (Å²) in [6.45, 7) is 6.66. The van der Waals surface area contributed by atoms with E-state index in [2.05, 4.69) is 9.80 Å². The van der Waals surface area contributed by atoms with Gasteiger partial charge in [0.2, 0.25) is 5.91 Å². The van der Waals surface area contributed by atoms with E-state index in [0.29, 0.717) is 5.92 Å². The van der Waals surface area contributed by atoms with Crippen LogP contribution in [0.4, 0.5) is 0 Å². The minimum atomic E-state index is -0.555. The summed E-state index contributed by atoms with van der Waals surface area (Å²) in [4.78, 5) is 17.3. The predicted molar refractivity (Wildman–Crippen MR) is 96.4 cm³/mol. The third-order valence-electron chi connectivity index (χ3n) is 5.35. The van der Waals surface area contributed by atoms with Crippen molar-refractivity contribution in [2.24, 2.45) is 11.7 Å². The van der Waals surface area contributed by atoms with Crippen LogP contribution in [0.2, 0.25) is 0 Å². The molecule has 3 aliphatic rings. The molecule has 5 nitrogen and oxygen atoms in total. The molecule has 7 heteroatoms. The first-order valence-electron chi connectivity index (χ1n) is 8.56. The first kappa shape index (κ1) is 21.0. The highest BCUT2D eigenvalue weighted by atomic mass is 35.5. The Hall–Kier alpha value is -0.0700. The van der Waals surface area contributed by atoms with Crippen molar-refractivity contribution in [1.29, 1.82) is 0 Å². The van der Waals surface area contributed by atoms with E-state index in [4.69, 9.17) is 10.5 Å². The smallest absolute Gasteiger partial charge is 0.242 e. The van der Waals surface area contributed by atoms with Gasteiger partial charge in [0.25, 0.3) is 0 Å². The van der Waals surface area contributed by atoms with Crippen LogP contribution in [0, 0.1) is 5.92 Å². The van der Waals surface area contributed by atoms with Gasteiger partial charge in [0, 0.05) is 32.7 Å². The molecular weight excluding hydrogens is 337 g/mol. The number of nitrogens with zero attached hydrogens (tertiary/aromatic N) is 2. The Morgan fingerprint density at radius 1 is 1.09 bits per heavy atom. The van der Waals surface area contributed by atoms with Crippen LogP contribution in [0.25, 0.3) is 0 Å². The van der Waals surface area contributed by atoms with Crippen molar-refractivity contribution in [2.45, 2.75) is 44.1 Å². The van der Waals surface area contributed by atoms with E-state index in [-0.39, 0.29) is 30.7 Å². The van der Waals surface area contributed by atoms with Gasteiger partial charge in [-0.1, -0.05) is 12.8 Å². The van der Waals surface area contributed by atoms with Crippen LogP contribution in [-0.2, 0) is 9.53 Å². The zero-order valence-electron chi connectivity index (χ0n) is 13.9. The van der Waals surface area contributed by atoms with Crippen LogP contribution in [0.3, 0.4) is 0 Å². The lowest BCUT2D eigenvalue weighted by Gasteiger charge is -2.39. The van der Waals surface area contributed by atoms with Crippen molar-refractivity contribution >= 4 is 30.7 Å². The van der Waals surface area contributed by atoms with Gasteiger partial charge in [-0.15, -0.1) is 24.8 Å². The highest BCUT2D eigenvalue weighted by molar-refractivity contribution is 5.86. The molecule has 1 amide bonds. The maximum atomic E-state index is 12.7. The molecule has 2 aliphatic heterocycles. The number of amides is 1. The number of ether oxygens (including phenoxy) is 1. The summed E-state index contributed by atoms with van der Waals surface area (Å²) in [7, 11) is 0. The summed E-state index contributed by atoms with van der Waals surface area (Å²) < 4.78 is 5.41. The van der Waals surface area contributed by atoms with Crippen LogP contribution < -0.4 is 5.73 Å². The number of likely N-dealkylation sites (tertiary alicyclic amines) is 1. The number of halogens is 2. The predicted octanol–water partition coefficient (Wildman–Crippen LogP) is 1.67. The van der Waals surface area contributed by atoms with E-state index in [9.17, 15) is 4.79 Å². The molecule has 3 fully saturated rings. The number of nitrogens with two attached hydrogens (primary N) is 1. The monoisotopic (exact) mass is 367 g/mol. The van der Waals surface area contributed by atoms with Gasteiger partial charge >= 0.3 is 0 Å². The van der Waals surface area contributed by atoms with Crippen molar-refractivity contribution in [3.63, 3.8) is 0 Å². The van der Waals surface area contributed by atoms with E-state index < -0.39 is 5.54 Å². The molecule has 0 aromatic heterocycles. The molecule has 0 spiro atoms. The standard InChI is InChI=1S/C16H29N3O2.2ClH/c17-16(5-1-2-6-16)15(20)19-7-3-4-14(13-19)12-18-8-10-21-11-9-18;;/h14H,1-13,17H2;2*1H. The van der Waals surface area contributed by atoms with Crippen molar-refractivity contribution in [3.8, 4) is 0 Å². The molecule has 1 unspecified atom stereocenters. The molecule has 0 aromatic carbocycles. The molecule has 2 saturated heterocycles. The van der Waals surface area contributed by atoms with E-state index in [1.165, 1.54) is 6.42 Å². The lowest BCUT2D eigenvalue weighted by Crippen LogP contribution is -2.56. The van der Waals surface area contributed by atoms with Crippen LogP contribution in [0.5, 0.6) is 0 Å². The molecule has 3 rings (SSSR count). The average Bonchev–Trinajstić information content (AvgIpc) is 2.96. The highest BCUT2D eigenvalue weighted by Crippen LogP contribution is 2.30. The van der Waals surface area contributed by atoms with Crippen molar-refractivity contribution in [3.05, 3.63) is 0 Å². The third kappa shape index (κ3) is 5.20. The number of morpholine rings is 1. The van der Waals surface area contributed by atoms with E-state index >= 15 is 0 Å².